The molecule has 1 N–H and O–H groups in total. The summed E-state index contributed by atoms with van der Waals surface area (Å²) in [6, 6.07) is 7.76. The molecule has 2 fully saturated rings. The number of rotatable bonds is 2. The van der Waals surface area contributed by atoms with Crippen LogP contribution in [0.1, 0.15) is 12.0 Å². The van der Waals surface area contributed by atoms with Crippen molar-refractivity contribution in [2.24, 2.45) is 0 Å². The van der Waals surface area contributed by atoms with Gasteiger partial charge in [-0.05, 0) is 25.5 Å². The summed E-state index contributed by atoms with van der Waals surface area (Å²) in [6.45, 7) is 4.75. The van der Waals surface area contributed by atoms with Crippen LogP contribution < -0.4 is 5.32 Å². The Bertz CT molecular complexity index is 664. The van der Waals surface area contributed by atoms with E-state index in [9.17, 15) is 13.2 Å². The maximum Gasteiger partial charge on any atom is 0.321 e. The SMILES string of the molecule is Cc1ccc(NC(=O)N2CCN(C3CCS(=O)(=O)C3)CC2)cc1. The number of aryl methyl sites for hydroxylation is 1. The number of nitrogens with zero attached hydrogens (tertiary/aromatic N) is 2. The zero-order chi connectivity index (χ0) is 16.4. The minimum atomic E-state index is -2.85. The molecule has 1 unspecified atom stereocenters. The van der Waals surface area contributed by atoms with Gasteiger partial charge in [0.25, 0.3) is 0 Å². The van der Waals surface area contributed by atoms with Gasteiger partial charge in [-0.2, -0.15) is 0 Å². The number of carbonyl (C=O) groups is 1. The minimum Gasteiger partial charge on any atom is -0.322 e. The number of urea groups is 1. The number of benzene rings is 1. The predicted molar refractivity (Wildman–Crippen MR) is 90.4 cm³/mol. The van der Waals surface area contributed by atoms with Gasteiger partial charge in [-0.1, -0.05) is 17.7 Å². The third-order valence-electron chi connectivity index (χ3n) is 4.63. The van der Waals surface area contributed by atoms with Crippen molar-refractivity contribution in [3.8, 4) is 0 Å². The Kier molecular flexibility index (Phi) is 4.59. The molecule has 1 atom stereocenters. The molecule has 0 bridgehead atoms. The molecule has 2 amide bonds. The molecule has 2 aliphatic rings. The topological polar surface area (TPSA) is 69.7 Å². The average Bonchev–Trinajstić information content (AvgIpc) is 2.90. The van der Waals surface area contributed by atoms with E-state index in [1.54, 1.807) is 4.90 Å². The normalized spacial score (nSPS) is 24.6. The molecule has 1 aromatic rings. The fourth-order valence-electron chi connectivity index (χ4n) is 3.19. The van der Waals surface area contributed by atoms with Gasteiger partial charge in [-0.3, -0.25) is 4.90 Å². The van der Waals surface area contributed by atoms with Gasteiger partial charge in [0.05, 0.1) is 11.5 Å². The third kappa shape index (κ3) is 4.03. The van der Waals surface area contributed by atoms with Crippen molar-refractivity contribution in [3.63, 3.8) is 0 Å². The van der Waals surface area contributed by atoms with E-state index in [0.717, 1.165) is 30.8 Å². The molecule has 0 saturated carbocycles. The second-order valence-corrected chi connectivity index (χ2v) is 8.60. The van der Waals surface area contributed by atoms with E-state index in [1.165, 1.54) is 0 Å². The fraction of sp³-hybridized carbons (Fsp3) is 0.562. The summed E-state index contributed by atoms with van der Waals surface area (Å²) in [5.74, 6) is 0.564. The van der Waals surface area contributed by atoms with E-state index in [2.05, 4.69) is 10.2 Å². The summed E-state index contributed by atoms with van der Waals surface area (Å²) in [5, 5.41) is 2.91. The second kappa shape index (κ2) is 6.49. The summed E-state index contributed by atoms with van der Waals surface area (Å²) in [6.07, 6.45) is 0.720. The van der Waals surface area contributed by atoms with Gasteiger partial charge in [0, 0.05) is 37.9 Å². The zero-order valence-electron chi connectivity index (χ0n) is 13.4. The summed E-state index contributed by atoms with van der Waals surface area (Å²) < 4.78 is 23.2. The van der Waals surface area contributed by atoms with E-state index in [1.807, 2.05) is 31.2 Å². The lowest BCUT2D eigenvalue weighted by Gasteiger charge is -2.37. The molecule has 2 saturated heterocycles. The minimum absolute atomic E-state index is 0.0902. The first-order chi connectivity index (χ1) is 10.9. The Hall–Kier alpha value is -1.60. The number of carbonyl (C=O) groups excluding carboxylic acids is 1. The quantitative estimate of drug-likeness (QED) is 0.884. The maximum atomic E-state index is 12.3. The van der Waals surface area contributed by atoms with E-state index in [-0.39, 0.29) is 17.8 Å². The largest absolute Gasteiger partial charge is 0.322 e. The molecule has 6 nitrogen and oxygen atoms in total. The first-order valence-electron chi connectivity index (χ1n) is 8.00. The van der Waals surface area contributed by atoms with Crippen LogP contribution >= 0.6 is 0 Å². The molecule has 7 heteroatoms. The van der Waals surface area contributed by atoms with Gasteiger partial charge in [0.1, 0.15) is 0 Å². The van der Waals surface area contributed by atoms with Gasteiger partial charge in [-0.15, -0.1) is 0 Å². The Balaban J connectivity index is 1.50. The van der Waals surface area contributed by atoms with Crippen molar-refractivity contribution >= 4 is 21.6 Å². The van der Waals surface area contributed by atoms with Crippen molar-refractivity contribution in [1.82, 2.24) is 9.80 Å². The standard InChI is InChI=1S/C16H23N3O3S/c1-13-2-4-14(5-3-13)17-16(20)19-9-7-18(8-10-19)15-6-11-23(21,22)12-15/h2-5,15H,6-12H2,1H3,(H,17,20). The number of hydrogen-bond acceptors (Lipinski definition) is 4. The predicted octanol–water partition coefficient (Wildman–Crippen LogP) is 1.33. The lowest BCUT2D eigenvalue weighted by atomic mass is 10.2. The monoisotopic (exact) mass is 337 g/mol. The highest BCUT2D eigenvalue weighted by Crippen LogP contribution is 2.19. The number of piperazine rings is 1. The van der Waals surface area contributed by atoms with Crippen LogP contribution in [0.15, 0.2) is 24.3 Å². The third-order valence-corrected chi connectivity index (χ3v) is 6.38. The average molecular weight is 337 g/mol. The molecule has 1 aromatic carbocycles. The van der Waals surface area contributed by atoms with E-state index >= 15 is 0 Å². The van der Waals surface area contributed by atoms with Crippen molar-refractivity contribution < 1.29 is 13.2 Å². The highest BCUT2D eigenvalue weighted by atomic mass is 32.2. The van der Waals surface area contributed by atoms with Gasteiger partial charge in [0.2, 0.25) is 0 Å². The lowest BCUT2D eigenvalue weighted by Crippen LogP contribution is -2.53. The summed E-state index contributed by atoms with van der Waals surface area (Å²) in [7, 11) is -2.85. The number of sulfone groups is 1. The molecule has 0 aliphatic carbocycles. The van der Waals surface area contributed by atoms with Crippen molar-refractivity contribution in [2.45, 2.75) is 19.4 Å². The Morgan fingerprint density at radius 3 is 2.35 bits per heavy atom. The van der Waals surface area contributed by atoms with Crippen molar-refractivity contribution in [1.29, 1.82) is 0 Å². The number of nitrogens with one attached hydrogen (secondary N) is 1. The number of anilines is 1. The fourth-order valence-corrected chi connectivity index (χ4v) is 4.95. The highest BCUT2D eigenvalue weighted by Gasteiger charge is 2.34. The van der Waals surface area contributed by atoms with Crippen molar-refractivity contribution in [2.75, 3.05) is 43.0 Å². The Labute approximate surface area is 137 Å². The number of amides is 2. The molecular weight excluding hydrogens is 314 g/mol. The Morgan fingerprint density at radius 2 is 1.78 bits per heavy atom. The van der Waals surface area contributed by atoms with Crippen LogP contribution in [0.3, 0.4) is 0 Å². The first-order valence-corrected chi connectivity index (χ1v) is 9.82. The van der Waals surface area contributed by atoms with E-state index in [0.29, 0.717) is 18.8 Å². The molecule has 2 aliphatic heterocycles. The van der Waals surface area contributed by atoms with Gasteiger partial charge in [-0.25, -0.2) is 13.2 Å². The van der Waals surface area contributed by atoms with Gasteiger partial charge < -0.3 is 10.2 Å². The molecule has 126 valence electrons. The summed E-state index contributed by atoms with van der Waals surface area (Å²) in [5.41, 5.74) is 1.95. The lowest BCUT2D eigenvalue weighted by molar-refractivity contribution is 0.121. The van der Waals surface area contributed by atoms with Crippen LogP contribution in [-0.4, -0.2) is 68.0 Å². The van der Waals surface area contributed by atoms with Gasteiger partial charge >= 0.3 is 6.03 Å². The smallest absolute Gasteiger partial charge is 0.321 e. The van der Waals surface area contributed by atoms with Crippen LogP contribution in [-0.2, 0) is 9.84 Å². The van der Waals surface area contributed by atoms with Crippen LogP contribution in [0.5, 0.6) is 0 Å². The van der Waals surface area contributed by atoms with Crippen LogP contribution in [0.2, 0.25) is 0 Å². The van der Waals surface area contributed by atoms with Gasteiger partial charge in [0.15, 0.2) is 9.84 Å². The molecule has 0 spiro atoms. The molecule has 0 radical (unpaired) electrons. The molecule has 0 aromatic heterocycles. The van der Waals surface area contributed by atoms with Crippen LogP contribution in [0, 0.1) is 6.92 Å². The summed E-state index contributed by atoms with van der Waals surface area (Å²) in [4.78, 5) is 16.3. The maximum absolute atomic E-state index is 12.3. The number of hydrogen-bond donors (Lipinski definition) is 1. The van der Waals surface area contributed by atoms with Crippen LogP contribution in [0.4, 0.5) is 10.5 Å². The molecule has 23 heavy (non-hydrogen) atoms. The molecular formula is C16H23N3O3S. The summed E-state index contributed by atoms with van der Waals surface area (Å²) >= 11 is 0. The zero-order valence-corrected chi connectivity index (χ0v) is 14.2. The molecule has 3 rings (SSSR count). The van der Waals surface area contributed by atoms with E-state index < -0.39 is 9.84 Å². The molecule has 2 heterocycles. The first kappa shape index (κ1) is 16.3. The van der Waals surface area contributed by atoms with E-state index in [4.69, 9.17) is 0 Å². The Morgan fingerprint density at radius 1 is 1.13 bits per heavy atom. The van der Waals surface area contributed by atoms with Crippen LogP contribution in [0.25, 0.3) is 0 Å². The van der Waals surface area contributed by atoms with Crippen molar-refractivity contribution in [3.05, 3.63) is 29.8 Å². The second-order valence-electron chi connectivity index (χ2n) is 6.38. The highest BCUT2D eigenvalue weighted by molar-refractivity contribution is 7.91.